The molecule has 12 heteroatoms. The monoisotopic (exact) mass is 602 g/mol. The number of rotatable bonds is 8. The van der Waals surface area contributed by atoms with Gasteiger partial charge in [0.2, 0.25) is 5.13 Å². The lowest BCUT2D eigenvalue weighted by Crippen LogP contribution is -2.10. The second kappa shape index (κ2) is 11.7. The standard InChI is InChI=1S/C27H24Cl2N4O4S2/c1-15-19(13-16-7-5-6-10-22(16)33(36)37)24(25(34)35)32(31-15)27-30-23(17-11-12-20(28)21(29)14-17)26(39-27)38-18-8-3-2-4-9-18/h5-7,10-12,14,18H,2-4,8-9,13H2,1H3,(H,34,35). The molecule has 0 amide bonds. The van der Waals surface area contributed by atoms with Gasteiger partial charge in [-0.3, -0.25) is 10.1 Å². The summed E-state index contributed by atoms with van der Waals surface area (Å²) in [6.45, 7) is 1.71. The van der Waals surface area contributed by atoms with Crippen molar-refractivity contribution >= 4 is 58.0 Å². The number of benzene rings is 2. The Hall–Kier alpha value is -2.92. The van der Waals surface area contributed by atoms with Gasteiger partial charge in [-0.05, 0) is 31.9 Å². The molecule has 8 nitrogen and oxygen atoms in total. The fraction of sp³-hybridized carbons (Fsp3) is 0.296. The summed E-state index contributed by atoms with van der Waals surface area (Å²) in [6.07, 6.45) is 5.88. The number of nitro groups is 1. The second-order valence-corrected chi connectivity index (χ2v) is 12.7. The van der Waals surface area contributed by atoms with Crippen LogP contribution < -0.4 is 0 Å². The lowest BCUT2D eigenvalue weighted by Gasteiger charge is -2.20. The first-order chi connectivity index (χ1) is 18.7. The van der Waals surface area contributed by atoms with Gasteiger partial charge in [0, 0.05) is 34.4 Å². The van der Waals surface area contributed by atoms with Gasteiger partial charge in [0.1, 0.15) is 0 Å². The van der Waals surface area contributed by atoms with E-state index in [9.17, 15) is 20.0 Å². The summed E-state index contributed by atoms with van der Waals surface area (Å²) in [7, 11) is 0. The predicted molar refractivity (Wildman–Crippen MR) is 155 cm³/mol. The van der Waals surface area contributed by atoms with Crippen LogP contribution in [0.15, 0.2) is 46.7 Å². The number of carboxylic acid groups (broad SMARTS) is 1. The van der Waals surface area contributed by atoms with Crippen molar-refractivity contribution < 1.29 is 14.8 Å². The Morgan fingerprint density at radius 2 is 1.92 bits per heavy atom. The Labute approximate surface area is 243 Å². The van der Waals surface area contributed by atoms with Crippen molar-refractivity contribution in [3.8, 4) is 16.4 Å². The van der Waals surface area contributed by atoms with E-state index in [4.69, 9.17) is 28.2 Å². The van der Waals surface area contributed by atoms with Crippen LogP contribution in [0.4, 0.5) is 5.69 Å². The highest BCUT2D eigenvalue weighted by Crippen LogP contribution is 2.44. The van der Waals surface area contributed by atoms with Gasteiger partial charge in [-0.2, -0.15) is 9.78 Å². The van der Waals surface area contributed by atoms with E-state index >= 15 is 0 Å². The highest BCUT2D eigenvalue weighted by molar-refractivity contribution is 8.01. The lowest BCUT2D eigenvalue weighted by molar-refractivity contribution is -0.385. The van der Waals surface area contributed by atoms with Gasteiger partial charge in [-0.25, -0.2) is 9.78 Å². The van der Waals surface area contributed by atoms with Crippen LogP contribution in [0, 0.1) is 17.0 Å². The summed E-state index contributed by atoms with van der Waals surface area (Å²) in [4.78, 5) is 28.5. The third-order valence-corrected chi connectivity index (χ3v) is 10.0. The van der Waals surface area contributed by atoms with Gasteiger partial charge < -0.3 is 5.11 Å². The molecule has 2 aromatic carbocycles. The van der Waals surface area contributed by atoms with Crippen molar-refractivity contribution in [2.24, 2.45) is 0 Å². The Balaban J connectivity index is 1.61. The maximum Gasteiger partial charge on any atom is 0.355 e. The van der Waals surface area contributed by atoms with Gasteiger partial charge in [0.05, 0.1) is 30.6 Å². The first-order valence-corrected chi connectivity index (χ1v) is 14.9. The molecule has 0 saturated heterocycles. The van der Waals surface area contributed by atoms with Crippen LogP contribution in [-0.2, 0) is 6.42 Å². The average Bonchev–Trinajstić information content (AvgIpc) is 3.47. The zero-order chi connectivity index (χ0) is 27.7. The molecule has 1 aliphatic carbocycles. The quantitative estimate of drug-likeness (QED) is 0.160. The van der Waals surface area contributed by atoms with Crippen LogP contribution in [0.1, 0.15) is 59.4 Å². The van der Waals surface area contributed by atoms with Crippen LogP contribution in [0.5, 0.6) is 0 Å². The van der Waals surface area contributed by atoms with E-state index in [0.717, 1.165) is 22.6 Å². The smallest absolute Gasteiger partial charge is 0.355 e. The number of aryl methyl sites for hydroxylation is 1. The van der Waals surface area contributed by atoms with Crippen molar-refractivity contribution in [2.75, 3.05) is 0 Å². The summed E-state index contributed by atoms with van der Waals surface area (Å²) in [5, 5.41) is 28.1. The van der Waals surface area contributed by atoms with Crippen molar-refractivity contribution in [3.05, 3.63) is 85.1 Å². The molecule has 0 atom stereocenters. The van der Waals surface area contributed by atoms with E-state index in [0.29, 0.717) is 42.9 Å². The van der Waals surface area contributed by atoms with Gasteiger partial charge in [0.25, 0.3) is 5.69 Å². The third kappa shape index (κ3) is 5.84. The second-order valence-electron chi connectivity index (χ2n) is 9.33. The maximum absolute atomic E-state index is 12.5. The van der Waals surface area contributed by atoms with Crippen LogP contribution in [-0.4, -0.2) is 36.0 Å². The molecule has 2 heterocycles. The van der Waals surface area contributed by atoms with E-state index in [1.807, 2.05) is 6.07 Å². The first-order valence-electron chi connectivity index (χ1n) is 12.4. The van der Waals surface area contributed by atoms with E-state index in [2.05, 4.69) is 5.10 Å². The van der Waals surface area contributed by atoms with Crippen molar-refractivity contribution in [1.82, 2.24) is 14.8 Å². The highest BCUT2D eigenvalue weighted by Gasteiger charge is 2.28. The Kier molecular flexibility index (Phi) is 8.27. The van der Waals surface area contributed by atoms with E-state index in [1.54, 1.807) is 49.0 Å². The number of hydrogen-bond acceptors (Lipinski definition) is 7. The average molecular weight is 604 g/mol. The summed E-state index contributed by atoms with van der Waals surface area (Å²) in [5.74, 6) is -1.18. The first kappa shape index (κ1) is 27.6. The molecule has 39 heavy (non-hydrogen) atoms. The third-order valence-electron chi connectivity index (χ3n) is 6.73. The molecule has 0 unspecified atom stereocenters. The molecule has 0 aliphatic heterocycles. The van der Waals surface area contributed by atoms with Gasteiger partial charge in [-0.15, -0.1) is 11.8 Å². The van der Waals surface area contributed by atoms with E-state index in [1.165, 1.54) is 41.3 Å². The largest absolute Gasteiger partial charge is 0.476 e. The van der Waals surface area contributed by atoms with Gasteiger partial charge >= 0.3 is 5.97 Å². The fourth-order valence-corrected chi connectivity index (χ4v) is 7.83. The van der Waals surface area contributed by atoms with Gasteiger partial charge in [0.15, 0.2) is 5.69 Å². The number of aromatic nitrogens is 3. The zero-order valence-corrected chi connectivity index (χ0v) is 24.0. The zero-order valence-electron chi connectivity index (χ0n) is 20.9. The number of halogens is 2. The number of carbonyl (C=O) groups is 1. The molecular formula is C27H24Cl2N4O4S2. The molecule has 0 spiro atoms. The summed E-state index contributed by atoms with van der Waals surface area (Å²) in [6, 6.07) is 11.7. The normalized spacial score (nSPS) is 14.0. The minimum Gasteiger partial charge on any atom is -0.476 e. The van der Waals surface area contributed by atoms with Gasteiger partial charge in [-0.1, -0.05) is 78.1 Å². The van der Waals surface area contributed by atoms with Crippen molar-refractivity contribution in [2.45, 2.75) is 54.9 Å². The topological polar surface area (TPSA) is 111 Å². The minimum absolute atomic E-state index is 0.0549. The summed E-state index contributed by atoms with van der Waals surface area (Å²) in [5.41, 5.74) is 2.65. The van der Waals surface area contributed by atoms with Crippen LogP contribution >= 0.6 is 46.3 Å². The predicted octanol–water partition coefficient (Wildman–Crippen LogP) is 8.23. The number of nitro benzene ring substituents is 1. The number of carboxylic acids is 1. The Bertz CT molecular complexity index is 1560. The SMILES string of the molecule is Cc1nn(-c2nc(-c3ccc(Cl)c(Cl)c3)c(SC3CCCCC3)s2)c(C(=O)O)c1Cc1ccccc1[N+](=O)[O-]. The Morgan fingerprint density at radius 3 is 2.62 bits per heavy atom. The molecule has 5 rings (SSSR count). The molecule has 1 N–H and O–H groups in total. The lowest BCUT2D eigenvalue weighted by atomic mass is 10.0. The maximum atomic E-state index is 12.5. The highest BCUT2D eigenvalue weighted by atomic mass is 35.5. The molecule has 1 saturated carbocycles. The molecule has 1 aliphatic rings. The Morgan fingerprint density at radius 1 is 1.18 bits per heavy atom. The van der Waals surface area contributed by atoms with Crippen molar-refractivity contribution in [1.29, 1.82) is 0 Å². The van der Waals surface area contributed by atoms with Crippen LogP contribution in [0.25, 0.3) is 16.4 Å². The number of aromatic carboxylic acids is 1. The van der Waals surface area contributed by atoms with E-state index < -0.39 is 10.9 Å². The molecule has 4 aromatic rings. The minimum atomic E-state index is -1.18. The van der Waals surface area contributed by atoms with Crippen molar-refractivity contribution in [3.63, 3.8) is 0 Å². The number of hydrogen-bond donors (Lipinski definition) is 1. The molecule has 202 valence electrons. The number of thioether (sulfide) groups is 1. The number of nitrogens with zero attached hydrogens (tertiary/aromatic N) is 4. The summed E-state index contributed by atoms with van der Waals surface area (Å²) >= 11 is 15.6. The molecule has 0 bridgehead atoms. The molecule has 1 fully saturated rings. The fourth-order valence-electron chi connectivity index (χ4n) is 4.78. The molecule has 2 aromatic heterocycles. The van der Waals surface area contributed by atoms with Crippen LogP contribution in [0.2, 0.25) is 10.0 Å². The van der Waals surface area contributed by atoms with Crippen LogP contribution in [0.3, 0.4) is 0 Å². The number of thiazole rings is 1. The molecule has 0 radical (unpaired) electrons. The molecular weight excluding hydrogens is 579 g/mol. The number of para-hydroxylation sites is 1. The van der Waals surface area contributed by atoms with E-state index in [-0.39, 0.29) is 17.8 Å². The summed E-state index contributed by atoms with van der Waals surface area (Å²) < 4.78 is 2.30.